The Bertz CT molecular complexity index is 1120. The molecule has 160 valence electrons. The molecule has 2 aromatic carbocycles. The van der Waals surface area contributed by atoms with Crippen LogP contribution >= 0.6 is 10.8 Å². The zero-order valence-electron chi connectivity index (χ0n) is 16.6. The molecule has 6 nitrogen and oxygen atoms in total. The molecule has 0 unspecified atom stereocenters. The highest BCUT2D eigenvalue weighted by atomic mass is 32.3. The van der Waals surface area contributed by atoms with Crippen LogP contribution in [0.5, 0.6) is 11.5 Å². The molecule has 0 aliphatic rings. The molecule has 30 heavy (non-hydrogen) atoms. The predicted octanol–water partition coefficient (Wildman–Crippen LogP) is 5.53. The van der Waals surface area contributed by atoms with Crippen LogP contribution in [0.25, 0.3) is 11.1 Å². The van der Waals surface area contributed by atoms with Gasteiger partial charge in [0.1, 0.15) is 11.6 Å². The Hall–Kier alpha value is -2.88. The third-order valence-corrected chi connectivity index (χ3v) is 5.78. The molecule has 0 fully saturated rings. The van der Waals surface area contributed by atoms with Crippen LogP contribution in [0.1, 0.15) is 12.5 Å². The minimum atomic E-state index is -3.08. The van der Waals surface area contributed by atoms with E-state index in [4.69, 9.17) is 4.74 Å². The van der Waals surface area contributed by atoms with E-state index in [0.717, 1.165) is 6.07 Å². The van der Waals surface area contributed by atoms with Crippen molar-refractivity contribution in [3.05, 3.63) is 76.2 Å². The molecule has 0 aliphatic heterocycles. The summed E-state index contributed by atoms with van der Waals surface area (Å²) in [6, 6.07) is 9.41. The van der Waals surface area contributed by atoms with Crippen molar-refractivity contribution < 1.29 is 22.6 Å². The first kappa shape index (κ1) is 21.8. The minimum Gasteiger partial charge on any atom is -0.454 e. The number of aromatic nitrogens is 1. The number of aryl methyl sites for hydroxylation is 2. The summed E-state index contributed by atoms with van der Waals surface area (Å²) in [4.78, 5) is 12.0. The number of nitrogens with zero attached hydrogens (tertiary/aromatic N) is 1. The Morgan fingerprint density at radius 1 is 1.10 bits per heavy atom. The van der Waals surface area contributed by atoms with Gasteiger partial charge < -0.3 is 9.30 Å². The van der Waals surface area contributed by atoms with Crippen molar-refractivity contribution in [2.75, 3.05) is 10.5 Å². The third-order valence-electron chi connectivity index (χ3n) is 4.41. The number of halogens is 2. The second kappa shape index (κ2) is 8.47. The van der Waals surface area contributed by atoms with Crippen LogP contribution in [-0.2, 0) is 7.05 Å². The average molecular weight is 436 g/mol. The van der Waals surface area contributed by atoms with Gasteiger partial charge in [-0.2, -0.15) is 0 Å². The van der Waals surface area contributed by atoms with Crippen molar-refractivity contribution in [1.29, 1.82) is 0 Å². The van der Waals surface area contributed by atoms with E-state index in [1.54, 1.807) is 45.3 Å². The van der Waals surface area contributed by atoms with Gasteiger partial charge in [0.25, 0.3) is 5.56 Å². The maximum absolute atomic E-state index is 14.0. The summed E-state index contributed by atoms with van der Waals surface area (Å²) in [6.07, 6.45) is 1.63. The first-order valence-electron chi connectivity index (χ1n) is 9.07. The number of nitrogens with one attached hydrogen (secondary N) is 1. The summed E-state index contributed by atoms with van der Waals surface area (Å²) in [5, 5.41) is 0. The van der Waals surface area contributed by atoms with Gasteiger partial charge in [0.15, 0.2) is 11.6 Å². The molecular formula is C21H22F2N2O4S. The lowest BCUT2D eigenvalue weighted by Crippen LogP contribution is -2.18. The molecule has 0 radical (unpaired) electrons. The van der Waals surface area contributed by atoms with Crippen molar-refractivity contribution in [3.63, 3.8) is 0 Å². The number of hydrogen-bond acceptors (Lipinski definition) is 5. The molecular weight excluding hydrogens is 414 g/mol. The lowest BCUT2D eigenvalue weighted by atomic mass is 10.0. The number of anilines is 1. The van der Waals surface area contributed by atoms with Crippen molar-refractivity contribution in [1.82, 2.24) is 4.57 Å². The van der Waals surface area contributed by atoms with Crippen molar-refractivity contribution >= 4 is 16.5 Å². The molecule has 3 N–H and O–H groups in total. The SMILES string of the molecule is CCS(O)(O)Nc1cc(Oc2ccc(F)cc2F)cc(-c2cc(C)c(=O)n(C)c2)c1. The minimum absolute atomic E-state index is 0.0823. The van der Waals surface area contributed by atoms with Gasteiger partial charge in [-0.15, -0.1) is 10.8 Å². The third kappa shape index (κ3) is 4.99. The Labute approximate surface area is 174 Å². The zero-order valence-corrected chi connectivity index (χ0v) is 17.5. The number of rotatable bonds is 6. The van der Waals surface area contributed by atoms with Gasteiger partial charge in [-0.05, 0) is 55.3 Å². The van der Waals surface area contributed by atoms with Crippen LogP contribution < -0.4 is 15.0 Å². The first-order chi connectivity index (χ1) is 14.1. The highest BCUT2D eigenvalue weighted by molar-refractivity contribution is 8.25. The van der Waals surface area contributed by atoms with E-state index in [9.17, 15) is 22.7 Å². The van der Waals surface area contributed by atoms with Crippen LogP contribution in [0.2, 0.25) is 0 Å². The fourth-order valence-corrected chi connectivity index (χ4v) is 3.50. The van der Waals surface area contributed by atoms with Crippen LogP contribution in [0.3, 0.4) is 0 Å². The van der Waals surface area contributed by atoms with Gasteiger partial charge in [-0.25, -0.2) is 8.78 Å². The Morgan fingerprint density at radius 3 is 2.47 bits per heavy atom. The highest BCUT2D eigenvalue weighted by Crippen LogP contribution is 2.41. The number of benzene rings is 2. The molecule has 0 saturated heterocycles. The summed E-state index contributed by atoms with van der Waals surface area (Å²) < 4.78 is 57.0. The lowest BCUT2D eigenvalue weighted by Gasteiger charge is -2.32. The Morgan fingerprint density at radius 2 is 1.83 bits per heavy atom. The normalized spacial score (nSPS) is 12.0. The molecule has 3 aromatic rings. The van der Waals surface area contributed by atoms with E-state index in [2.05, 4.69) is 4.72 Å². The maximum Gasteiger partial charge on any atom is 0.253 e. The summed E-state index contributed by atoms with van der Waals surface area (Å²) in [5.41, 5.74) is 1.99. The molecule has 0 bridgehead atoms. The number of ether oxygens (including phenoxy) is 1. The van der Waals surface area contributed by atoms with Crippen molar-refractivity contribution in [2.24, 2.45) is 7.05 Å². The molecule has 9 heteroatoms. The average Bonchev–Trinajstić information content (AvgIpc) is 2.67. The fraction of sp³-hybridized carbons (Fsp3) is 0.190. The van der Waals surface area contributed by atoms with Gasteiger partial charge in [-0.1, -0.05) is 0 Å². The van der Waals surface area contributed by atoms with Gasteiger partial charge in [0.2, 0.25) is 0 Å². The molecule has 1 heterocycles. The van der Waals surface area contributed by atoms with Crippen molar-refractivity contribution in [3.8, 4) is 22.6 Å². The second-order valence-corrected chi connectivity index (χ2v) is 8.92. The quantitative estimate of drug-likeness (QED) is 0.473. The zero-order chi connectivity index (χ0) is 22.1. The van der Waals surface area contributed by atoms with E-state index < -0.39 is 22.4 Å². The number of hydrogen-bond donors (Lipinski definition) is 3. The van der Waals surface area contributed by atoms with Crippen LogP contribution in [0.15, 0.2) is 53.5 Å². The van der Waals surface area contributed by atoms with Crippen LogP contribution in [0.4, 0.5) is 14.5 Å². The Balaban J connectivity index is 2.10. The summed E-state index contributed by atoms with van der Waals surface area (Å²) in [5.74, 6) is -1.50. The fourth-order valence-electron chi connectivity index (χ4n) is 2.86. The van der Waals surface area contributed by atoms with Crippen molar-refractivity contribution in [2.45, 2.75) is 13.8 Å². The molecule has 0 saturated carbocycles. The smallest absolute Gasteiger partial charge is 0.253 e. The van der Waals surface area contributed by atoms with Gasteiger partial charge in [-0.3, -0.25) is 18.6 Å². The largest absolute Gasteiger partial charge is 0.454 e. The van der Waals surface area contributed by atoms with Gasteiger partial charge >= 0.3 is 0 Å². The van der Waals surface area contributed by atoms with Gasteiger partial charge in [0.05, 0.1) is 11.4 Å². The summed E-state index contributed by atoms with van der Waals surface area (Å²) in [7, 11) is -1.46. The van der Waals surface area contributed by atoms with E-state index in [-0.39, 0.29) is 22.8 Å². The summed E-state index contributed by atoms with van der Waals surface area (Å²) >= 11 is 0. The molecule has 0 aliphatic carbocycles. The number of pyridine rings is 1. The molecule has 0 amide bonds. The van der Waals surface area contributed by atoms with E-state index in [1.165, 1.54) is 16.7 Å². The molecule has 0 atom stereocenters. The molecule has 0 spiro atoms. The van der Waals surface area contributed by atoms with E-state index in [1.807, 2.05) is 0 Å². The van der Waals surface area contributed by atoms with Crippen LogP contribution in [0, 0.1) is 18.6 Å². The van der Waals surface area contributed by atoms with E-state index in [0.29, 0.717) is 28.4 Å². The molecule has 3 rings (SSSR count). The maximum atomic E-state index is 14.0. The molecule has 1 aromatic heterocycles. The monoisotopic (exact) mass is 436 g/mol. The Kier molecular flexibility index (Phi) is 6.16. The second-order valence-electron chi connectivity index (χ2n) is 6.81. The standard InChI is InChI=1S/C21H22F2N2O4S/c1-4-30(27,28)24-17-8-14(15-7-13(2)21(26)25(3)12-15)9-18(11-17)29-20-6-5-16(22)10-19(20)23/h5-12,24,27-28H,4H2,1-3H3. The summed E-state index contributed by atoms with van der Waals surface area (Å²) in [6.45, 7) is 3.31. The van der Waals surface area contributed by atoms with Gasteiger partial charge in [0, 0.05) is 30.9 Å². The first-order valence-corrected chi connectivity index (χ1v) is 10.8. The van der Waals surface area contributed by atoms with Crippen LogP contribution in [-0.4, -0.2) is 19.4 Å². The van der Waals surface area contributed by atoms with E-state index >= 15 is 0 Å². The highest BCUT2D eigenvalue weighted by Gasteiger charge is 2.14. The lowest BCUT2D eigenvalue weighted by molar-refractivity contribution is 0.438. The predicted molar refractivity (Wildman–Crippen MR) is 115 cm³/mol. The topological polar surface area (TPSA) is 83.7 Å².